The zero-order valence-electron chi connectivity index (χ0n) is 13.9. The second-order valence-electron chi connectivity index (χ2n) is 5.67. The molecule has 0 aliphatic heterocycles. The van der Waals surface area contributed by atoms with Gasteiger partial charge in [0, 0.05) is 5.02 Å². The van der Waals surface area contributed by atoms with Crippen molar-refractivity contribution in [3.63, 3.8) is 0 Å². The fraction of sp³-hybridized carbons (Fsp3) is 0.529. The highest BCUT2D eigenvalue weighted by Gasteiger charge is 2.29. The normalized spacial score (nSPS) is 14.5. The summed E-state index contributed by atoms with van der Waals surface area (Å²) in [4.78, 5) is 12.5. The van der Waals surface area contributed by atoms with Crippen LogP contribution in [-0.2, 0) is 4.79 Å². The van der Waals surface area contributed by atoms with E-state index >= 15 is 0 Å². The Bertz CT molecular complexity index is 613. The third-order valence-corrected chi connectivity index (χ3v) is 4.63. The lowest BCUT2D eigenvalue weighted by molar-refractivity contribution is -0.129. The summed E-state index contributed by atoms with van der Waals surface area (Å²) >= 11 is 12.3. The average molecular weight is 357 g/mol. The van der Waals surface area contributed by atoms with E-state index in [0.29, 0.717) is 34.2 Å². The van der Waals surface area contributed by atoms with Gasteiger partial charge >= 0.3 is 0 Å². The van der Waals surface area contributed by atoms with Gasteiger partial charge in [-0.2, -0.15) is 5.26 Å². The Kier molecular flexibility index (Phi) is 7.18. The van der Waals surface area contributed by atoms with Gasteiger partial charge in [0.05, 0.1) is 11.1 Å². The summed E-state index contributed by atoms with van der Waals surface area (Å²) in [5.41, 5.74) is -0.205. The SMILES string of the molecule is CCCC(Oc1ccc(Cl)c(C)c1Cl)C(=O)NC(C)(C#N)CC. The predicted octanol–water partition coefficient (Wildman–Crippen LogP) is 4.66. The number of halogens is 2. The molecule has 0 bridgehead atoms. The smallest absolute Gasteiger partial charge is 0.262 e. The van der Waals surface area contributed by atoms with Crippen molar-refractivity contribution >= 4 is 29.1 Å². The van der Waals surface area contributed by atoms with Crippen LogP contribution >= 0.6 is 23.2 Å². The Labute approximate surface area is 147 Å². The van der Waals surface area contributed by atoms with Crippen LogP contribution in [0, 0.1) is 18.3 Å². The molecule has 2 atom stereocenters. The molecule has 1 N–H and O–H groups in total. The first-order valence-electron chi connectivity index (χ1n) is 7.62. The molecule has 0 heterocycles. The van der Waals surface area contributed by atoms with Gasteiger partial charge < -0.3 is 10.1 Å². The number of hydrogen-bond acceptors (Lipinski definition) is 3. The molecular formula is C17H22Cl2N2O2. The Hall–Kier alpha value is -1.44. The first kappa shape index (κ1) is 19.6. The Morgan fingerprint density at radius 3 is 2.61 bits per heavy atom. The maximum Gasteiger partial charge on any atom is 0.262 e. The minimum atomic E-state index is -0.911. The molecule has 23 heavy (non-hydrogen) atoms. The van der Waals surface area contributed by atoms with Gasteiger partial charge in [-0.3, -0.25) is 4.79 Å². The average Bonchev–Trinajstić information content (AvgIpc) is 2.54. The largest absolute Gasteiger partial charge is 0.479 e. The summed E-state index contributed by atoms with van der Waals surface area (Å²) in [5.74, 6) is 0.0961. The number of carbonyl (C=O) groups is 1. The summed E-state index contributed by atoms with van der Waals surface area (Å²) in [5, 5.41) is 12.9. The summed E-state index contributed by atoms with van der Waals surface area (Å²) in [6.45, 7) is 7.28. The third kappa shape index (κ3) is 5.02. The van der Waals surface area contributed by atoms with Crippen molar-refractivity contribution in [3.8, 4) is 11.8 Å². The maximum atomic E-state index is 12.5. The van der Waals surface area contributed by atoms with Crippen molar-refractivity contribution in [2.24, 2.45) is 0 Å². The molecule has 1 aromatic rings. The molecule has 1 aromatic carbocycles. The fourth-order valence-electron chi connectivity index (χ4n) is 1.93. The van der Waals surface area contributed by atoms with Crippen LogP contribution in [0.1, 0.15) is 45.6 Å². The number of ether oxygens (including phenoxy) is 1. The highest BCUT2D eigenvalue weighted by molar-refractivity contribution is 6.36. The molecule has 1 rings (SSSR count). The first-order valence-corrected chi connectivity index (χ1v) is 8.38. The van der Waals surface area contributed by atoms with Crippen LogP contribution in [0.3, 0.4) is 0 Å². The van der Waals surface area contributed by atoms with Crippen LogP contribution < -0.4 is 10.1 Å². The molecular weight excluding hydrogens is 335 g/mol. The fourth-order valence-corrected chi connectivity index (χ4v) is 2.35. The maximum absolute atomic E-state index is 12.5. The minimum absolute atomic E-state index is 0.318. The molecule has 0 spiro atoms. The van der Waals surface area contributed by atoms with Crippen molar-refractivity contribution in [2.45, 2.75) is 58.6 Å². The van der Waals surface area contributed by atoms with Crippen molar-refractivity contribution in [1.29, 1.82) is 5.26 Å². The van der Waals surface area contributed by atoms with E-state index in [-0.39, 0.29) is 5.91 Å². The van der Waals surface area contributed by atoms with Gasteiger partial charge in [0.2, 0.25) is 0 Å². The molecule has 0 saturated heterocycles. The zero-order chi connectivity index (χ0) is 17.6. The molecule has 0 aliphatic rings. The van der Waals surface area contributed by atoms with Crippen LogP contribution in [-0.4, -0.2) is 17.6 Å². The zero-order valence-corrected chi connectivity index (χ0v) is 15.4. The van der Waals surface area contributed by atoms with E-state index in [1.165, 1.54) is 0 Å². The lowest BCUT2D eigenvalue weighted by atomic mass is 10.0. The van der Waals surface area contributed by atoms with Gasteiger partial charge in [0.25, 0.3) is 5.91 Å². The monoisotopic (exact) mass is 356 g/mol. The molecule has 0 fully saturated rings. The number of carbonyl (C=O) groups excluding carboxylic acids is 1. The second kappa shape index (κ2) is 8.42. The van der Waals surface area contributed by atoms with Crippen molar-refractivity contribution in [3.05, 3.63) is 27.7 Å². The van der Waals surface area contributed by atoms with Gasteiger partial charge in [-0.05, 0) is 44.4 Å². The summed E-state index contributed by atoms with van der Waals surface area (Å²) < 4.78 is 5.81. The predicted molar refractivity (Wildman–Crippen MR) is 93.0 cm³/mol. The quantitative estimate of drug-likeness (QED) is 0.772. The first-order chi connectivity index (χ1) is 10.8. The van der Waals surface area contributed by atoms with Crippen LogP contribution in [0.4, 0.5) is 0 Å². The number of benzene rings is 1. The summed E-state index contributed by atoms with van der Waals surface area (Å²) in [7, 11) is 0. The number of nitrogens with one attached hydrogen (secondary N) is 1. The van der Waals surface area contributed by atoms with Crippen molar-refractivity contribution in [2.75, 3.05) is 0 Å². The van der Waals surface area contributed by atoms with Crippen LogP contribution in [0.15, 0.2) is 12.1 Å². The van der Waals surface area contributed by atoms with Crippen LogP contribution in [0.2, 0.25) is 10.0 Å². The van der Waals surface area contributed by atoms with Gasteiger partial charge in [-0.1, -0.05) is 43.5 Å². The highest BCUT2D eigenvalue weighted by atomic mass is 35.5. The third-order valence-electron chi connectivity index (χ3n) is 3.75. The molecule has 0 aliphatic carbocycles. The second-order valence-corrected chi connectivity index (χ2v) is 6.45. The van der Waals surface area contributed by atoms with Crippen molar-refractivity contribution in [1.82, 2.24) is 5.32 Å². The Balaban J connectivity index is 2.98. The number of amides is 1. The Morgan fingerprint density at radius 1 is 1.43 bits per heavy atom. The highest BCUT2D eigenvalue weighted by Crippen LogP contribution is 2.33. The van der Waals surface area contributed by atoms with E-state index < -0.39 is 11.6 Å². The van der Waals surface area contributed by atoms with Crippen LogP contribution in [0.25, 0.3) is 0 Å². The van der Waals surface area contributed by atoms with Crippen molar-refractivity contribution < 1.29 is 9.53 Å². The molecule has 6 heteroatoms. The van der Waals surface area contributed by atoms with E-state index in [1.54, 1.807) is 26.0 Å². The van der Waals surface area contributed by atoms with Gasteiger partial charge in [-0.15, -0.1) is 0 Å². The van der Waals surface area contributed by atoms with Gasteiger partial charge in [-0.25, -0.2) is 0 Å². The Morgan fingerprint density at radius 2 is 2.09 bits per heavy atom. The van der Waals surface area contributed by atoms with E-state index in [2.05, 4.69) is 11.4 Å². The van der Waals surface area contributed by atoms with Gasteiger partial charge in [0.1, 0.15) is 11.3 Å². The molecule has 126 valence electrons. The molecule has 2 unspecified atom stereocenters. The van der Waals surface area contributed by atoms with E-state index in [9.17, 15) is 10.1 Å². The number of hydrogen-bond donors (Lipinski definition) is 1. The number of nitrogens with zero attached hydrogens (tertiary/aromatic N) is 1. The molecule has 1 amide bonds. The van der Waals surface area contributed by atoms with E-state index in [0.717, 1.165) is 6.42 Å². The summed E-state index contributed by atoms with van der Waals surface area (Å²) in [6.07, 6.45) is 1.08. The molecule has 0 saturated carbocycles. The van der Waals surface area contributed by atoms with Crippen LogP contribution in [0.5, 0.6) is 5.75 Å². The standard InChI is InChI=1S/C17H22Cl2N2O2/c1-5-7-14(16(22)21-17(4,6-2)10-20)23-13-9-8-12(18)11(3)15(13)19/h8-9,14H,5-7H2,1-4H3,(H,21,22). The lowest BCUT2D eigenvalue weighted by Crippen LogP contribution is -2.50. The molecule has 0 radical (unpaired) electrons. The lowest BCUT2D eigenvalue weighted by Gasteiger charge is -2.26. The molecule has 4 nitrogen and oxygen atoms in total. The van der Waals surface area contributed by atoms with E-state index in [4.69, 9.17) is 27.9 Å². The number of rotatable bonds is 7. The van der Waals surface area contributed by atoms with E-state index in [1.807, 2.05) is 13.8 Å². The van der Waals surface area contributed by atoms with Gasteiger partial charge in [0.15, 0.2) is 6.10 Å². The number of nitriles is 1. The topological polar surface area (TPSA) is 62.1 Å². The molecule has 0 aromatic heterocycles. The summed E-state index contributed by atoms with van der Waals surface area (Å²) in [6, 6.07) is 5.45. The minimum Gasteiger partial charge on any atom is -0.479 e.